The molecule has 1 rings (SSSR count). The van der Waals surface area contributed by atoms with Gasteiger partial charge in [0.25, 0.3) is 5.91 Å². The lowest BCUT2D eigenvalue weighted by Gasteiger charge is -2.05. The molecule has 0 atom stereocenters. The van der Waals surface area contributed by atoms with Crippen LogP contribution in [-0.4, -0.2) is 25.2 Å². The summed E-state index contributed by atoms with van der Waals surface area (Å²) in [6.45, 7) is 0.250. The lowest BCUT2D eigenvalue weighted by molar-refractivity contribution is 0.0937. The molecular formula is C10H13N3O3. The summed E-state index contributed by atoms with van der Waals surface area (Å²) in [6.07, 6.45) is -0.863. The van der Waals surface area contributed by atoms with Crippen molar-refractivity contribution in [2.24, 2.45) is 5.73 Å². The predicted molar refractivity (Wildman–Crippen MR) is 58.7 cm³/mol. The molecule has 0 saturated heterocycles. The zero-order valence-corrected chi connectivity index (χ0v) is 8.60. The number of anilines is 1. The molecule has 86 valence electrons. The van der Waals surface area contributed by atoms with E-state index in [2.05, 4.69) is 10.1 Å². The second-order valence-corrected chi connectivity index (χ2v) is 3.05. The molecule has 0 unspecified atom stereocenters. The van der Waals surface area contributed by atoms with Gasteiger partial charge in [0, 0.05) is 11.3 Å². The van der Waals surface area contributed by atoms with Crippen LogP contribution in [0.4, 0.5) is 10.5 Å². The average Bonchev–Trinajstić information content (AvgIpc) is 2.24. The van der Waals surface area contributed by atoms with Gasteiger partial charge in [0.2, 0.25) is 0 Å². The van der Waals surface area contributed by atoms with Crippen LogP contribution in [-0.2, 0) is 4.74 Å². The molecule has 0 fully saturated rings. The highest BCUT2D eigenvalue weighted by Gasteiger charge is 2.04. The number of hydrogen-bond acceptors (Lipinski definition) is 4. The van der Waals surface area contributed by atoms with E-state index in [1.54, 1.807) is 24.3 Å². The van der Waals surface area contributed by atoms with Crippen LogP contribution < -0.4 is 16.8 Å². The monoisotopic (exact) mass is 223 g/mol. The van der Waals surface area contributed by atoms with Crippen LogP contribution >= 0.6 is 0 Å². The maximum atomic E-state index is 11.5. The number of nitrogen functional groups attached to an aromatic ring is 1. The first kappa shape index (κ1) is 11.8. The molecule has 0 bridgehead atoms. The van der Waals surface area contributed by atoms with Gasteiger partial charge in [-0.25, -0.2) is 4.79 Å². The lowest BCUT2D eigenvalue weighted by atomic mass is 10.2. The first-order valence-corrected chi connectivity index (χ1v) is 4.65. The Bertz CT molecular complexity index is 393. The number of ether oxygens (including phenoxy) is 1. The Balaban J connectivity index is 2.38. The maximum absolute atomic E-state index is 11.5. The molecule has 1 aromatic carbocycles. The molecule has 0 aliphatic carbocycles. The van der Waals surface area contributed by atoms with Crippen molar-refractivity contribution in [2.75, 3.05) is 18.9 Å². The summed E-state index contributed by atoms with van der Waals surface area (Å²) in [5.41, 5.74) is 11.2. The number of nitrogens with two attached hydrogens (primary N) is 2. The average molecular weight is 223 g/mol. The largest absolute Gasteiger partial charge is 0.448 e. The number of primary amides is 1. The fourth-order valence-electron chi connectivity index (χ4n) is 1.10. The molecule has 1 aromatic rings. The molecule has 5 N–H and O–H groups in total. The molecule has 6 nitrogen and oxygen atoms in total. The number of benzene rings is 1. The summed E-state index contributed by atoms with van der Waals surface area (Å²) >= 11 is 0. The number of carbonyl (C=O) groups excluding carboxylic acids is 2. The van der Waals surface area contributed by atoms with E-state index in [0.717, 1.165) is 0 Å². The molecule has 2 amide bonds. The highest BCUT2D eigenvalue weighted by atomic mass is 16.5. The predicted octanol–water partition coefficient (Wildman–Crippen LogP) is 0.0939. The Morgan fingerprint density at radius 3 is 2.75 bits per heavy atom. The van der Waals surface area contributed by atoms with Crippen molar-refractivity contribution < 1.29 is 14.3 Å². The number of rotatable bonds is 4. The first-order chi connectivity index (χ1) is 7.59. The quantitative estimate of drug-likeness (QED) is 0.496. The van der Waals surface area contributed by atoms with Gasteiger partial charge in [-0.3, -0.25) is 4.79 Å². The van der Waals surface area contributed by atoms with Gasteiger partial charge in [-0.2, -0.15) is 0 Å². The summed E-state index contributed by atoms with van der Waals surface area (Å²) in [7, 11) is 0. The lowest BCUT2D eigenvalue weighted by Crippen LogP contribution is -2.29. The minimum atomic E-state index is -0.863. The number of carbonyl (C=O) groups is 2. The number of nitrogens with one attached hydrogen (secondary N) is 1. The van der Waals surface area contributed by atoms with Gasteiger partial charge in [-0.15, -0.1) is 0 Å². The zero-order valence-electron chi connectivity index (χ0n) is 8.60. The van der Waals surface area contributed by atoms with Crippen LogP contribution in [0.2, 0.25) is 0 Å². The van der Waals surface area contributed by atoms with Gasteiger partial charge >= 0.3 is 6.09 Å². The van der Waals surface area contributed by atoms with Crippen molar-refractivity contribution in [3.05, 3.63) is 29.8 Å². The van der Waals surface area contributed by atoms with Gasteiger partial charge < -0.3 is 21.5 Å². The fraction of sp³-hybridized carbons (Fsp3) is 0.200. The van der Waals surface area contributed by atoms with Crippen molar-refractivity contribution >= 4 is 17.7 Å². The van der Waals surface area contributed by atoms with E-state index in [9.17, 15) is 9.59 Å². The molecule has 6 heteroatoms. The summed E-state index contributed by atoms with van der Waals surface area (Å²) in [5, 5.41) is 2.55. The van der Waals surface area contributed by atoms with Crippen LogP contribution in [0.1, 0.15) is 10.4 Å². The third-order valence-electron chi connectivity index (χ3n) is 1.78. The molecular weight excluding hydrogens is 210 g/mol. The third kappa shape index (κ3) is 3.87. The number of hydrogen-bond donors (Lipinski definition) is 3. The summed E-state index contributed by atoms with van der Waals surface area (Å²) in [6, 6.07) is 6.57. The smallest absolute Gasteiger partial charge is 0.404 e. The standard InChI is InChI=1S/C10H13N3O3/c11-8-3-1-2-7(6-8)9(14)13-4-5-16-10(12)15/h1-3,6H,4-5,11H2,(H2,12,15)(H,13,14). The van der Waals surface area contributed by atoms with Gasteiger partial charge in [-0.05, 0) is 18.2 Å². The van der Waals surface area contributed by atoms with E-state index in [0.29, 0.717) is 11.3 Å². The molecule has 0 heterocycles. The third-order valence-corrected chi connectivity index (χ3v) is 1.78. The topological polar surface area (TPSA) is 107 Å². The summed E-state index contributed by atoms with van der Waals surface area (Å²) in [5.74, 6) is -0.277. The van der Waals surface area contributed by atoms with Crippen molar-refractivity contribution in [3.63, 3.8) is 0 Å². The minimum Gasteiger partial charge on any atom is -0.448 e. The van der Waals surface area contributed by atoms with Crippen LogP contribution in [0, 0.1) is 0 Å². The Morgan fingerprint density at radius 1 is 1.38 bits per heavy atom. The van der Waals surface area contributed by atoms with E-state index in [4.69, 9.17) is 11.5 Å². The second kappa shape index (κ2) is 5.59. The highest BCUT2D eigenvalue weighted by molar-refractivity contribution is 5.94. The maximum Gasteiger partial charge on any atom is 0.404 e. The van der Waals surface area contributed by atoms with Gasteiger partial charge in [0.05, 0.1) is 6.54 Å². The van der Waals surface area contributed by atoms with Gasteiger partial charge in [0.1, 0.15) is 6.61 Å². The second-order valence-electron chi connectivity index (χ2n) is 3.05. The van der Waals surface area contributed by atoms with Crippen molar-refractivity contribution in [1.82, 2.24) is 5.32 Å². The van der Waals surface area contributed by atoms with Crippen LogP contribution in [0.5, 0.6) is 0 Å². The normalized spacial score (nSPS) is 9.50. The van der Waals surface area contributed by atoms with E-state index in [-0.39, 0.29) is 19.1 Å². The summed E-state index contributed by atoms with van der Waals surface area (Å²) < 4.78 is 4.45. The Kier molecular flexibility index (Phi) is 4.14. The molecule has 0 aliphatic heterocycles. The Labute approximate surface area is 92.6 Å². The van der Waals surface area contributed by atoms with Crippen LogP contribution in [0.3, 0.4) is 0 Å². The molecule has 0 spiro atoms. The molecule has 0 saturated carbocycles. The van der Waals surface area contributed by atoms with E-state index in [1.807, 2.05) is 0 Å². The molecule has 0 radical (unpaired) electrons. The van der Waals surface area contributed by atoms with Gasteiger partial charge in [0.15, 0.2) is 0 Å². The van der Waals surface area contributed by atoms with Gasteiger partial charge in [-0.1, -0.05) is 6.07 Å². The van der Waals surface area contributed by atoms with Crippen molar-refractivity contribution in [2.45, 2.75) is 0 Å². The molecule has 0 aromatic heterocycles. The summed E-state index contributed by atoms with van der Waals surface area (Å²) in [4.78, 5) is 21.7. The number of amides is 2. The first-order valence-electron chi connectivity index (χ1n) is 4.65. The molecule has 16 heavy (non-hydrogen) atoms. The van der Waals surface area contributed by atoms with Crippen molar-refractivity contribution in [1.29, 1.82) is 0 Å². The molecule has 0 aliphatic rings. The Hall–Kier alpha value is -2.24. The van der Waals surface area contributed by atoms with E-state index >= 15 is 0 Å². The van der Waals surface area contributed by atoms with E-state index in [1.165, 1.54) is 0 Å². The fourth-order valence-corrected chi connectivity index (χ4v) is 1.10. The van der Waals surface area contributed by atoms with Crippen molar-refractivity contribution in [3.8, 4) is 0 Å². The van der Waals surface area contributed by atoms with E-state index < -0.39 is 6.09 Å². The SMILES string of the molecule is NC(=O)OCCNC(=O)c1cccc(N)c1. The van der Waals surface area contributed by atoms with Crippen LogP contribution in [0.15, 0.2) is 24.3 Å². The minimum absolute atomic E-state index is 0.0450. The van der Waals surface area contributed by atoms with Crippen LogP contribution in [0.25, 0.3) is 0 Å². The highest BCUT2D eigenvalue weighted by Crippen LogP contribution is 2.05. The zero-order chi connectivity index (χ0) is 12.0. The Morgan fingerprint density at radius 2 is 2.12 bits per heavy atom.